The van der Waals surface area contributed by atoms with E-state index in [1.54, 1.807) is 30.6 Å². The topological polar surface area (TPSA) is 76.5 Å². The molecule has 0 aliphatic heterocycles. The Balaban J connectivity index is 1.71. The van der Waals surface area contributed by atoms with Crippen molar-refractivity contribution in [3.05, 3.63) is 124 Å². The Labute approximate surface area is 200 Å². The molecule has 2 unspecified atom stereocenters. The molecule has 1 aromatic heterocycles. The van der Waals surface area contributed by atoms with Crippen molar-refractivity contribution in [2.75, 3.05) is 6.26 Å². The van der Waals surface area contributed by atoms with Gasteiger partial charge in [-0.1, -0.05) is 65.8 Å². The van der Waals surface area contributed by atoms with Crippen LogP contribution in [0, 0.1) is 11.8 Å². The van der Waals surface area contributed by atoms with Crippen LogP contribution in [0.15, 0.2) is 107 Å². The summed E-state index contributed by atoms with van der Waals surface area (Å²) in [6, 6.07) is 26.4. The van der Waals surface area contributed by atoms with E-state index in [2.05, 4.69) is 29.2 Å². The standard InChI is InChI=1S/C28H26N2O3S/c1-20-6-3-4-9-26(20)27(19-28(30-31)23-14-16-29-17-15-23)22-12-10-21(11-13-22)24-7-5-8-25(18-24)34(2,32)33/h3-18,27-28H,19H2,1-2H3. The molecule has 0 amide bonds. The average Bonchev–Trinajstić information content (AvgIpc) is 2.86. The van der Waals surface area contributed by atoms with Crippen molar-refractivity contribution in [3.63, 3.8) is 0 Å². The van der Waals surface area contributed by atoms with E-state index < -0.39 is 15.9 Å². The van der Waals surface area contributed by atoms with Gasteiger partial charge in [-0.25, -0.2) is 8.42 Å². The van der Waals surface area contributed by atoms with Crippen LogP contribution in [0.1, 0.15) is 40.6 Å². The highest BCUT2D eigenvalue weighted by molar-refractivity contribution is 7.90. The maximum atomic E-state index is 12.0. The number of aromatic nitrogens is 1. The maximum absolute atomic E-state index is 12.0. The Bertz CT molecular complexity index is 1380. The van der Waals surface area contributed by atoms with E-state index in [9.17, 15) is 13.3 Å². The molecule has 5 nitrogen and oxygen atoms in total. The lowest BCUT2D eigenvalue weighted by Crippen LogP contribution is -2.08. The summed E-state index contributed by atoms with van der Waals surface area (Å²) in [4.78, 5) is 16.2. The van der Waals surface area contributed by atoms with Gasteiger partial charge in [-0.15, -0.1) is 0 Å². The largest absolute Gasteiger partial charge is 0.265 e. The van der Waals surface area contributed by atoms with E-state index in [1.807, 2.05) is 54.6 Å². The molecule has 3 aromatic carbocycles. The lowest BCUT2D eigenvalue weighted by molar-refractivity contribution is 0.592. The molecular weight excluding hydrogens is 444 g/mol. The Morgan fingerprint density at radius 3 is 2.18 bits per heavy atom. The van der Waals surface area contributed by atoms with Gasteiger partial charge < -0.3 is 0 Å². The predicted octanol–water partition coefficient (Wildman–Crippen LogP) is 6.49. The first-order chi connectivity index (χ1) is 16.4. The van der Waals surface area contributed by atoms with E-state index in [4.69, 9.17) is 0 Å². The summed E-state index contributed by atoms with van der Waals surface area (Å²) in [5, 5.41) is 3.44. The molecule has 2 atom stereocenters. The molecule has 4 rings (SSSR count). The van der Waals surface area contributed by atoms with Crippen molar-refractivity contribution in [1.29, 1.82) is 0 Å². The number of aryl methyl sites for hydroxylation is 1. The highest BCUT2D eigenvalue weighted by atomic mass is 32.2. The molecule has 1 heterocycles. The monoisotopic (exact) mass is 470 g/mol. The summed E-state index contributed by atoms with van der Waals surface area (Å²) in [5.74, 6) is -0.0338. The third-order valence-electron chi connectivity index (χ3n) is 6.15. The minimum atomic E-state index is -3.28. The van der Waals surface area contributed by atoms with Crippen molar-refractivity contribution in [3.8, 4) is 11.1 Å². The molecule has 0 aliphatic rings. The Hall–Kier alpha value is -3.64. The van der Waals surface area contributed by atoms with Crippen molar-refractivity contribution in [1.82, 2.24) is 4.98 Å². The van der Waals surface area contributed by atoms with Crippen LogP contribution in [0.25, 0.3) is 11.1 Å². The molecule has 34 heavy (non-hydrogen) atoms. The van der Waals surface area contributed by atoms with Gasteiger partial charge in [-0.05, 0) is 71.0 Å². The van der Waals surface area contributed by atoms with Crippen molar-refractivity contribution in [2.45, 2.75) is 30.2 Å². The second kappa shape index (κ2) is 10.1. The van der Waals surface area contributed by atoms with Gasteiger partial charge in [0.05, 0.1) is 4.90 Å². The molecule has 0 radical (unpaired) electrons. The summed E-state index contributed by atoms with van der Waals surface area (Å²) < 4.78 is 23.9. The first-order valence-corrected chi connectivity index (χ1v) is 12.9. The van der Waals surface area contributed by atoms with Crippen LogP contribution < -0.4 is 0 Å². The number of nitrogens with zero attached hydrogens (tertiary/aromatic N) is 2. The highest BCUT2D eigenvalue weighted by Gasteiger charge is 2.23. The van der Waals surface area contributed by atoms with Gasteiger partial charge in [0.1, 0.15) is 6.04 Å². The normalized spacial score (nSPS) is 13.2. The molecule has 0 aliphatic carbocycles. The summed E-state index contributed by atoms with van der Waals surface area (Å²) in [7, 11) is -3.28. The smallest absolute Gasteiger partial charge is 0.175 e. The number of benzene rings is 3. The zero-order valence-corrected chi connectivity index (χ0v) is 19.9. The van der Waals surface area contributed by atoms with Crippen LogP contribution in [0.5, 0.6) is 0 Å². The van der Waals surface area contributed by atoms with E-state index in [0.717, 1.165) is 33.4 Å². The van der Waals surface area contributed by atoms with Gasteiger partial charge in [0.25, 0.3) is 0 Å². The van der Waals surface area contributed by atoms with Crippen molar-refractivity contribution >= 4 is 9.84 Å². The van der Waals surface area contributed by atoms with Crippen LogP contribution in [0.4, 0.5) is 0 Å². The first kappa shape index (κ1) is 23.5. The molecule has 0 bridgehead atoms. The van der Waals surface area contributed by atoms with E-state index >= 15 is 0 Å². The van der Waals surface area contributed by atoms with Gasteiger partial charge in [0.15, 0.2) is 9.84 Å². The number of hydrogen-bond donors (Lipinski definition) is 0. The van der Waals surface area contributed by atoms with Crippen molar-refractivity contribution in [2.24, 2.45) is 5.18 Å². The Morgan fingerprint density at radius 1 is 0.824 bits per heavy atom. The molecule has 0 saturated heterocycles. The number of rotatable bonds is 8. The van der Waals surface area contributed by atoms with Crippen LogP contribution in [0.2, 0.25) is 0 Å². The summed E-state index contributed by atoms with van der Waals surface area (Å²) >= 11 is 0. The summed E-state index contributed by atoms with van der Waals surface area (Å²) in [6.45, 7) is 2.07. The Kier molecular flexibility index (Phi) is 6.98. The lowest BCUT2D eigenvalue weighted by atomic mass is 9.82. The third-order valence-corrected chi connectivity index (χ3v) is 7.26. The van der Waals surface area contributed by atoms with Gasteiger partial charge in [-0.3, -0.25) is 4.98 Å². The SMILES string of the molecule is Cc1ccccc1C(CC(N=O)c1ccncc1)c1ccc(-c2cccc(S(C)(=O)=O)c2)cc1. The predicted molar refractivity (Wildman–Crippen MR) is 135 cm³/mol. The van der Waals surface area contributed by atoms with Crippen molar-refractivity contribution < 1.29 is 8.42 Å². The third kappa shape index (κ3) is 5.29. The number of pyridine rings is 1. The molecular formula is C28H26N2O3S. The summed E-state index contributed by atoms with van der Waals surface area (Å²) in [5.41, 5.74) is 5.98. The molecule has 6 heteroatoms. The van der Waals surface area contributed by atoms with E-state index in [-0.39, 0.29) is 5.92 Å². The second-order valence-corrected chi connectivity index (χ2v) is 10.5. The first-order valence-electron chi connectivity index (χ1n) is 11.0. The van der Waals surface area contributed by atoms with E-state index in [0.29, 0.717) is 11.3 Å². The van der Waals surface area contributed by atoms with Crippen LogP contribution in [-0.4, -0.2) is 19.7 Å². The zero-order valence-electron chi connectivity index (χ0n) is 19.1. The zero-order chi connectivity index (χ0) is 24.1. The molecule has 172 valence electrons. The quantitative estimate of drug-likeness (QED) is 0.276. The fourth-order valence-corrected chi connectivity index (χ4v) is 4.95. The number of sulfone groups is 1. The van der Waals surface area contributed by atoms with Crippen LogP contribution in [0.3, 0.4) is 0 Å². The molecule has 0 N–H and O–H groups in total. The number of hydrogen-bond acceptors (Lipinski definition) is 5. The minimum Gasteiger partial charge on any atom is -0.265 e. The lowest BCUT2D eigenvalue weighted by Gasteiger charge is -2.23. The van der Waals surface area contributed by atoms with Crippen LogP contribution >= 0.6 is 0 Å². The van der Waals surface area contributed by atoms with Crippen LogP contribution in [-0.2, 0) is 9.84 Å². The van der Waals surface area contributed by atoms with Gasteiger partial charge in [0, 0.05) is 24.6 Å². The minimum absolute atomic E-state index is 0.0338. The maximum Gasteiger partial charge on any atom is 0.175 e. The Morgan fingerprint density at radius 2 is 1.53 bits per heavy atom. The molecule has 0 fully saturated rings. The molecule has 4 aromatic rings. The van der Waals surface area contributed by atoms with Gasteiger partial charge >= 0.3 is 0 Å². The fourth-order valence-electron chi connectivity index (χ4n) is 4.28. The second-order valence-electron chi connectivity index (χ2n) is 8.47. The molecule has 0 spiro atoms. The van der Waals surface area contributed by atoms with E-state index in [1.165, 1.54) is 6.26 Å². The fraction of sp³-hybridized carbons (Fsp3) is 0.179. The average molecular weight is 471 g/mol. The van der Waals surface area contributed by atoms with Gasteiger partial charge in [0.2, 0.25) is 0 Å². The molecule has 0 saturated carbocycles. The highest BCUT2D eigenvalue weighted by Crippen LogP contribution is 2.37. The van der Waals surface area contributed by atoms with Gasteiger partial charge in [-0.2, -0.15) is 4.91 Å². The number of nitroso groups, excluding NO2 is 1. The summed E-state index contributed by atoms with van der Waals surface area (Å²) in [6.07, 6.45) is 5.09.